The Kier molecular flexibility index (Phi) is 8.09. The topological polar surface area (TPSA) is 99.2 Å². The molecule has 2 aliphatic heterocycles. The second-order valence-electron chi connectivity index (χ2n) is 11.3. The molecule has 1 spiro atoms. The van der Waals surface area contributed by atoms with Gasteiger partial charge in [0.05, 0.1) is 12.7 Å². The Balaban J connectivity index is 1.43. The van der Waals surface area contributed by atoms with Gasteiger partial charge in [-0.3, -0.25) is 4.79 Å². The van der Waals surface area contributed by atoms with Crippen molar-refractivity contribution >= 4 is 15.9 Å². The van der Waals surface area contributed by atoms with Crippen molar-refractivity contribution in [2.45, 2.75) is 49.5 Å². The number of hydrogen-bond acceptors (Lipinski definition) is 6. The molecule has 8 nitrogen and oxygen atoms in total. The number of aliphatic hydroxyl groups excluding tert-OH is 1. The molecule has 0 radical (unpaired) electrons. The lowest BCUT2D eigenvalue weighted by atomic mass is 9.78. The van der Waals surface area contributed by atoms with Gasteiger partial charge in [0.2, 0.25) is 15.9 Å². The number of carbonyl (C=O) groups is 1. The first kappa shape index (κ1) is 27.1. The highest BCUT2D eigenvalue weighted by atomic mass is 32.2. The minimum atomic E-state index is -3.90. The highest BCUT2D eigenvalue weighted by Crippen LogP contribution is 2.38. The number of likely N-dealkylation sites (tertiary alicyclic amines) is 1. The number of fused-ring (bicyclic) bond motifs is 1. The van der Waals surface area contributed by atoms with Gasteiger partial charge in [-0.05, 0) is 56.0 Å². The molecule has 9 heteroatoms. The molecular weight excluding hydrogens is 502 g/mol. The van der Waals surface area contributed by atoms with E-state index >= 15 is 0 Å². The summed E-state index contributed by atoms with van der Waals surface area (Å²) < 4.78 is 35.4. The number of nitrogens with zero attached hydrogens (tertiary/aromatic N) is 2. The van der Waals surface area contributed by atoms with E-state index in [1.54, 1.807) is 18.2 Å². The first-order valence-corrected chi connectivity index (χ1v) is 15.2. The van der Waals surface area contributed by atoms with Crippen molar-refractivity contribution in [2.24, 2.45) is 11.3 Å². The molecule has 1 saturated heterocycles. The van der Waals surface area contributed by atoms with Crippen molar-refractivity contribution in [1.29, 1.82) is 0 Å². The Morgan fingerprint density at radius 3 is 2.47 bits per heavy atom. The lowest BCUT2D eigenvalue weighted by Crippen LogP contribution is -2.52. The number of benzene rings is 2. The van der Waals surface area contributed by atoms with Crippen molar-refractivity contribution in [1.82, 2.24) is 14.5 Å². The summed E-state index contributed by atoms with van der Waals surface area (Å²) in [5.74, 6) is 0.751. The molecule has 2 heterocycles. The Bertz CT molecular complexity index is 1220. The second-order valence-corrected chi connectivity index (χ2v) is 13.1. The van der Waals surface area contributed by atoms with E-state index in [4.69, 9.17) is 4.74 Å². The van der Waals surface area contributed by atoms with E-state index in [2.05, 4.69) is 9.62 Å². The average Bonchev–Trinajstić information content (AvgIpc) is 3.46. The fourth-order valence-corrected chi connectivity index (χ4v) is 7.41. The molecule has 0 bridgehead atoms. The highest BCUT2D eigenvalue weighted by Gasteiger charge is 2.40. The molecule has 1 amide bonds. The third kappa shape index (κ3) is 6.06. The Labute approximate surface area is 226 Å². The summed E-state index contributed by atoms with van der Waals surface area (Å²) in [6.07, 6.45) is 4.95. The number of hydrogen-bond donors (Lipinski definition) is 2. The maximum atomic E-state index is 13.2. The van der Waals surface area contributed by atoms with Crippen LogP contribution in [0.25, 0.3) is 11.1 Å². The van der Waals surface area contributed by atoms with E-state index in [0.717, 1.165) is 49.7 Å². The zero-order valence-electron chi connectivity index (χ0n) is 22.1. The van der Waals surface area contributed by atoms with Crippen LogP contribution >= 0.6 is 0 Å². The highest BCUT2D eigenvalue weighted by molar-refractivity contribution is 7.89. The summed E-state index contributed by atoms with van der Waals surface area (Å²) in [7, 11) is -1.95. The molecule has 38 heavy (non-hydrogen) atoms. The third-order valence-electron chi connectivity index (χ3n) is 8.35. The lowest BCUT2D eigenvalue weighted by molar-refractivity contribution is -0.138. The van der Waals surface area contributed by atoms with Gasteiger partial charge in [0, 0.05) is 44.1 Å². The standard InChI is InChI=1S/C29H39N3O5S/c1-31-19-25(33)18-30-38(35,36)27-12-11-24(22-7-3-2-4-8-22)17-26(27)37-21-29(20-31)13-15-32(16-14-29)28(34)23-9-5-6-10-23/h2-4,7-8,11-12,17,23,25,30,33H,5-6,9-10,13-16,18-21H2,1H3. The summed E-state index contributed by atoms with van der Waals surface area (Å²) in [4.78, 5) is 17.2. The molecule has 206 valence electrons. The van der Waals surface area contributed by atoms with Gasteiger partial charge in [0.15, 0.2) is 0 Å². The first-order valence-electron chi connectivity index (χ1n) is 13.7. The number of amides is 1. The van der Waals surface area contributed by atoms with Gasteiger partial charge in [-0.1, -0.05) is 49.2 Å². The fraction of sp³-hybridized carbons (Fsp3) is 0.552. The van der Waals surface area contributed by atoms with Crippen LogP contribution in [0, 0.1) is 11.3 Å². The van der Waals surface area contributed by atoms with E-state index in [-0.39, 0.29) is 28.7 Å². The Morgan fingerprint density at radius 1 is 1.05 bits per heavy atom. The van der Waals surface area contributed by atoms with Gasteiger partial charge in [0.1, 0.15) is 10.6 Å². The number of β-amino-alcohol motifs (C(OH)–C–C–N with tert-alkyl or cyclic N) is 1. The quantitative estimate of drug-likeness (QED) is 0.606. The van der Waals surface area contributed by atoms with Gasteiger partial charge in [0.25, 0.3) is 0 Å². The van der Waals surface area contributed by atoms with E-state index in [1.807, 2.05) is 42.3 Å². The van der Waals surface area contributed by atoms with Crippen LogP contribution in [-0.4, -0.2) is 81.7 Å². The molecule has 2 aromatic carbocycles. The van der Waals surface area contributed by atoms with Crippen LogP contribution in [0.5, 0.6) is 5.75 Å². The number of rotatable bonds is 2. The first-order chi connectivity index (χ1) is 18.2. The third-order valence-corrected chi connectivity index (χ3v) is 9.81. The summed E-state index contributed by atoms with van der Waals surface area (Å²) in [5, 5.41) is 10.6. The van der Waals surface area contributed by atoms with Crippen LogP contribution < -0.4 is 9.46 Å². The number of carbonyl (C=O) groups excluding carboxylic acids is 1. The molecule has 1 atom stereocenters. The molecular formula is C29H39N3O5S. The Hall–Kier alpha value is -2.46. The molecule has 5 rings (SSSR count). The zero-order chi connectivity index (χ0) is 26.8. The predicted octanol–water partition coefficient (Wildman–Crippen LogP) is 3.12. The van der Waals surface area contributed by atoms with E-state index in [1.165, 1.54) is 0 Å². The van der Waals surface area contributed by atoms with Crippen molar-refractivity contribution in [2.75, 3.05) is 46.4 Å². The Morgan fingerprint density at radius 2 is 1.76 bits per heavy atom. The summed E-state index contributed by atoms with van der Waals surface area (Å²) in [6.45, 7) is 2.63. The van der Waals surface area contributed by atoms with Gasteiger partial charge >= 0.3 is 0 Å². The molecule has 3 aliphatic rings. The van der Waals surface area contributed by atoms with Crippen LogP contribution in [-0.2, 0) is 14.8 Å². The van der Waals surface area contributed by atoms with Crippen LogP contribution in [0.2, 0.25) is 0 Å². The van der Waals surface area contributed by atoms with Crippen LogP contribution in [0.1, 0.15) is 38.5 Å². The molecule has 2 fully saturated rings. The van der Waals surface area contributed by atoms with Crippen LogP contribution in [0.4, 0.5) is 0 Å². The molecule has 1 aliphatic carbocycles. The average molecular weight is 542 g/mol. The van der Waals surface area contributed by atoms with Crippen LogP contribution in [0.3, 0.4) is 0 Å². The summed E-state index contributed by atoms with van der Waals surface area (Å²) >= 11 is 0. The van der Waals surface area contributed by atoms with Crippen molar-refractivity contribution in [3.8, 4) is 16.9 Å². The minimum absolute atomic E-state index is 0.0716. The van der Waals surface area contributed by atoms with Gasteiger partial charge < -0.3 is 19.6 Å². The smallest absolute Gasteiger partial charge is 0.244 e. The van der Waals surface area contributed by atoms with E-state index in [9.17, 15) is 18.3 Å². The van der Waals surface area contributed by atoms with Crippen molar-refractivity contribution in [3.05, 3.63) is 48.5 Å². The molecule has 0 aromatic heterocycles. The number of aliphatic hydroxyl groups is 1. The van der Waals surface area contributed by atoms with E-state index in [0.29, 0.717) is 38.5 Å². The second kappa shape index (κ2) is 11.3. The molecule has 1 unspecified atom stereocenters. The zero-order valence-corrected chi connectivity index (χ0v) is 23.0. The monoisotopic (exact) mass is 541 g/mol. The normalized spacial score (nSPS) is 24.7. The van der Waals surface area contributed by atoms with E-state index < -0.39 is 16.1 Å². The van der Waals surface area contributed by atoms with Crippen molar-refractivity contribution in [3.63, 3.8) is 0 Å². The SMILES string of the molecule is CN1CC(O)CNS(=O)(=O)c2ccc(-c3ccccc3)cc2OCC2(CCN(C(=O)C3CCCC3)CC2)C1. The van der Waals surface area contributed by atoms with Gasteiger partial charge in [-0.2, -0.15) is 0 Å². The number of likely N-dealkylation sites (N-methyl/N-ethyl adjacent to an activating group) is 1. The number of nitrogens with one attached hydrogen (secondary N) is 1. The van der Waals surface area contributed by atoms with Gasteiger partial charge in [-0.15, -0.1) is 0 Å². The van der Waals surface area contributed by atoms with Gasteiger partial charge in [-0.25, -0.2) is 13.1 Å². The summed E-state index contributed by atoms with van der Waals surface area (Å²) in [5.41, 5.74) is 1.57. The van der Waals surface area contributed by atoms with Crippen LogP contribution in [0.15, 0.2) is 53.4 Å². The maximum Gasteiger partial charge on any atom is 0.244 e. The molecule has 2 aromatic rings. The maximum absolute atomic E-state index is 13.2. The molecule has 2 N–H and O–H groups in total. The fourth-order valence-electron chi connectivity index (χ4n) is 6.21. The minimum Gasteiger partial charge on any atom is -0.492 e. The summed E-state index contributed by atoms with van der Waals surface area (Å²) in [6, 6.07) is 15.0. The molecule has 1 saturated carbocycles. The number of sulfonamides is 1. The largest absolute Gasteiger partial charge is 0.492 e. The lowest BCUT2D eigenvalue weighted by Gasteiger charge is -2.44. The number of ether oxygens (including phenoxy) is 1. The van der Waals surface area contributed by atoms with Crippen molar-refractivity contribution < 1.29 is 23.1 Å². The predicted molar refractivity (Wildman–Crippen MR) is 146 cm³/mol. The number of piperidine rings is 1.